The molecule has 54 valence electrons. The van der Waals surface area contributed by atoms with E-state index >= 15 is 0 Å². The van der Waals surface area contributed by atoms with Gasteiger partial charge < -0.3 is 14.5 Å². The zero-order valence-electron chi connectivity index (χ0n) is 4.70. The predicted molar refractivity (Wildman–Crippen MR) is 28.7 cm³/mol. The van der Waals surface area contributed by atoms with Crippen molar-refractivity contribution in [3.05, 3.63) is 0 Å². The maximum Gasteiger partial charge on any atom is 0.335 e. The van der Waals surface area contributed by atoms with Crippen LogP contribution >= 0.6 is 0 Å². The van der Waals surface area contributed by atoms with Crippen LogP contribution in [0.5, 0.6) is 0 Å². The van der Waals surface area contributed by atoms with Crippen LogP contribution in [0.25, 0.3) is 0 Å². The fourth-order valence-electron chi connectivity index (χ4n) is 0.143. The molecule has 0 aliphatic heterocycles. The monoisotopic (exact) mass is 152 g/mol. The first kappa shape index (κ1) is 8.54. The average Bonchev–Trinajstić information content (AvgIpc) is 1.63. The summed E-state index contributed by atoms with van der Waals surface area (Å²) in [5, 5.41) is 0. The van der Waals surface area contributed by atoms with E-state index in [-0.39, 0.29) is 0 Å². The number of carbonyl (C=O) groups excluding carboxylic acids is 1. The Hall–Kier alpha value is -0.460. The minimum Gasteiger partial charge on any atom is -0.740 e. The van der Waals surface area contributed by atoms with E-state index in [2.05, 4.69) is 4.18 Å². The highest BCUT2D eigenvalue weighted by Crippen LogP contribution is 1.84. The van der Waals surface area contributed by atoms with Crippen molar-refractivity contribution in [2.75, 3.05) is 0 Å². The summed E-state index contributed by atoms with van der Waals surface area (Å²) in [7, 11) is 0. The van der Waals surface area contributed by atoms with E-state index in [9.17, 15) is 13.6 Å². The van der Waals surface area contributed by atoms with Gasteiger partial charge in [0.05, 0.1) is 0 Å². The van der Waals surface area contributed by atoms with E-state index in [1.165, 1.54) is 6.92 Å². The maximum absolute atomic E-state index is 10.2. The molecule has 5 nitrogen and oxygen atoms in total. The van der Waals surface area contributed by atoms with Gasteiger partial charge in [-0.05, 0) is 6.92 Å². The first-order valence-electron chi connectivity index (χ1n) is 2.11. The minimum atomic E-state index is -2.80. The zero-order chi connectivity index (χ0) is 7.44. The maximum atomic E-state index is 10.2. The van der Waals surface area contributed by atoms with E-state index in [1.807, 2.05) is 0 Å². The molecule has 0 aromatic rings. The second-order valence-electron chi connectivity index (χ2n) is 1.40. The first-order chi connectivity index (χ1) is 4.04. The van der Waals surface area contributed by atoms with Gasteiger partial charge in [-0.2, -0.15) is 0 Å². The first-order valence-corrected chi connectivity index (χ1v) is 3.11. The Morgan fingerprint density at radius 3 is 2.44 bits per heavy atom. The Bertz CT molecular complexity index is 134. The Morgan fingerprint density at radius 1 is 1.89 bits per heavy atom. The van der Waals surface area contributed by atoms with Gasteiger partial charge in [-0.25, -0.2) is 9.00 Å². The van der Waals surface area contributed by atoms with Crippen molar-refractivity contribution in [2.24, 2.45) is 5.73 Å². The van der Waals surface area contributed by atoms with Crippen LogP contribution in [0.2, 0.25) is 0 Å². The molecule has 0 heterocycles. The highest BCUT2D eigenvalue weighted by Gasteiger charge is 2.07. The van der Waals surface area contributed by atoms with Crippen LogP contribution in [0.15, 0.2) is 0 Å². The lowest BCUT2D eigenvalue weighted by Crippen LogP contribution is -2.29. The third-order valence-electron chi connectivity index (χ3n) is 0.522. The Labute approximate surface area is 54.7 Å². The molecule has 0 fully saturated rings. The molecule has 0 aliphatic carbocycles. The fraction of sp³-hybridized carbons (Fsp3) is 0.667. The van der Waals surface area contributed by atoms with Gasteiger partial charge in [0, 0.05) is 0 Å². The lowest BCUT2D eigenvalue weighted by Gasteiger charge is -2.06. The Morgan fingerprint density at radius 2 is 2.33 bits per heavy atom. The molecule has 0 spiro atoms. The molecule has 6 heteroatoms. The molecular formula is C3H6NO4S-. The zero-order valence-corrected chi connectivity index (χ0v) is 5.51. The SMILES string of the molecule is C[C@H](N)C(=O)OS(=O)[O-]. The number of nitrogens with two attached hydrogens (primary N) is 1. The van der Waals surface area contributed by atoms with Crippen molar-refractivity contribution >= 4 is 17.3 Å². The van der Waals surface area contributed by atoms with Crippen LogP contribution in [0.4, 0.5) is 0 Å². The smallest absolute Gasteiger partial charge is 0.335 e. The second kappa shape index (κ2) is 3.54. The van der Waals surface area contributed by atoms with E-state index in [0.29, 0.717) is 0 Å². The van der Waals surface area contributed by atoms with E-state index in [1.54, 1.807) is 0 Å². The standard InChI is InChI=1S/C3H7NO4S/c1-2(4)3(5)8-9(6)7/h2H,4H2,1H3,(H,6,7)/p-1/t2-/m0/s1. The summed E-state index contributed by atoms with van der Waals surface area (Å²) < 4.78 is 22.9. The van der Waals surface area contributed by atoms with Gasteiger partial charge in [0.15, 0.2) is 0 Å². The van der Waals surface area contributed by atoms with Crippen LogP contribution in [-0.4, -0.2) is 20.8 Å². The second-order valence-corrected chi connectivity index (χ2v) is 1.97. The average molecular weight is 152 g/mol. The molecule has 2 N–H and O–H groups in total. The van der Waals surface area contributed by atoms with E-state index in [0.717, 1.165) is 0 Å². The summed E-state index contributed by atoms with van der Waals surface area (Å²) >= 11 is -2.80. The summed E-state index contributed by atoms with van der Waals surface area (Å²) in [6, 6.07) is -0.900. The molecular weight excluding hydrogens is 146 g/mol. The van der Waals surface area contributed by atoms with Crippen LogP contribution in [0.3, 0.4) is 0 Å². The molecule has 0 amide bonds. The Kier molecular flexibility index (Phi) is 3.36. The molecule has 0 aromatic heterocycles. The molecule has 1 unspecified atom stereocenters. The largest absolute Gasteiger partial charge is 0.740 e. The lowest BCUT2D eigenvalue weighted by molar-refractivity contribution is -0.134. The third kappa shape index (κ3) is 4.07. The van der Waals surface area contributed by atoms with Crippen molar-refractivity contribution in [2.45, 2.75) is 13.0 Å². The van der Waals surface area contributed by atoms with Crippen molar-refractivity contribution in [3.8, 4) is 0 Å². The van der Waals surface area contributed by atoms with Gasteiger partial charge in [-0.1, -0.05) is 0 Å². The molecule has 0 aliphatic rings. The van der Waals surface area contributed by atoms with Gasteiger partial charge in [-0.3, -0.25) is 0 Å². The molecule has 0 radical (unpaired) electrons. The van der Waals surface area contributed by atoms with Gasteiger partial charge in [0.1, 0.15) is 17.4 Å². The Balaban J connectivity index is 3.64. The summed E-state index contributed by atoms with van der Waals surface area (Å²) in [6.07, 6.45) is 0. The highest BCUT2D eigenvalue weighted by molar-refractivity contribution is 7.74. The van der Waals surface area contributed by atoms with E-state index in [4.69, 9.17) is 5.73 Å². The molecule has 0 rings (SSSR count). The number of hydrogen-bond acceptors (Lipinski definition) is 5. The van der Waals surface area contributed by atoms with E-state index < -0.39 is 23.4 Å². The highest BCUT2D eigenvalue weighted by atomic mass is 32.2. The van der Waals surface area contributed by atoms with Crippen LogP contribution < -0.4 is 5.73 Å². The van der Waals surface area contributed by atoms with Gasteiger partial charge in [0.25, 0.3) is 0 Å². The number of carbonyl (C=O) groups is 1. The normalized spacial score (nSPS) is 16.3. The van der Waals surface area contributed by atoms with Crippen LogP contribution in [-0.2, 0) is 20.3 Å². The van der Waals surface area contributed by atoms with Gasteiger partial charge in [-0.15, -0.1) is 0 Å². The summed E-state index contributed by atoms with van der Waals surface area (Å²) in [5.74, 6) is -0.955. The van der Waals surface area contributed by atoms with Gasteiger partial charge >= 0.3 is 5.97 Å². The summed E-state index contributed by atoms with van der Waals surface area (Å²) in [4.78, 5) is 10.2. The fourth-order valence-corrected chi connectivity index (χ4v) is 0.429. The summed E-state index contributed by atoms with van der Waals surface area (Å²) in [5.41, 5.74) is 4.94. The summed E-state index contributed by atoms with van der Waals surface area (Å²) in [6.45, 7) is 1.33. The molecule has 0 saturated heterocycles. The number of hydrogen-bond donors (Lipinski definition) is 1. The van der Waals surface area contributed by atoms with Crippen molar-refractivity contribution in [3.63, 3.8) is 0 Å². The molecule has 0 saturated carbocycles. The predicted octanol–water partition coefficient (Wildman–Crippen LogP) is -1.33. The van der Waals surface area contributed by atoms with Crippen LogP contribution in [0, 0.1) is 0 Å². The lowest BCUT2D eigenvalue weighted by atomic mass is 10.4. The number of rotatable bonds is 2. The topological polar surface area (TPSA) is 92.5 Å². The van der Waals surface area contributed by atoms with Crippen molar-refractivity contribution in [1.82, 2.24) is 0 Å². The van der Waals surface area contributed by atoms with Gasteiger partial charge in [0.2, 0.25) is 0 Å². The minimum absolute atomic E-state index is 0.900. The molecule has 9 heavy (non-hydrogen) atoms. The molecule has 0 bridgehead atoms. The van der Waals surface area contributed by atoms with Crippen molar-refractivity contribution in [1.29, 1.82) is 0 Å². The van der Waals surface area contributed by atoms with Crippen LogP contribution in [0.1, 0.15) is 6.92 Å². The third-order valence-corrected chi connectivity index (χ3v) is 0.822. The quantitative estimate of drug-likeness (QED) is 0.495. The molecule has 2 atom stereocenters. The molecule has 0 aromatic carbocycles. The van der Waals surface area contributed by atoms with Crippen molar-refractivity contribution < 1.29 is 17.7 Å².